The van der Waals surface area contributed by atoms with Crippen LogP contribution in [0.15, 0.2) is 152 Å². The fraction of sp³-hybridized carbons (Fsp3) is 0.310. The van der Waals surface area contributed by atoms with Crippen LogP contribution in [0.25, 0.3) is 0 Å². The number of esters is 1. The van der Waals surface area contributed by atoms with Crippen LogP contribution in [0.1, 0.15) is 87.5 Å². The third-order valence-corrected chi connectivity index (χ3v) is 7.63. The first kappa shape index (κ1) is 36.2. The number of hydrogen-bond acceptors (Lipinski definition) is 4. The highest BCUT2D eigenvalue weighted by molar-refractivity contribution is 5.70. The lowest BCUT2D eigenvalue weighted by molar-refractivity contribution is -0.165. The van der Waals surface area contributed by atoms with Crippen LogP contribution in [-0.4, -0.2) is 22.3 Å². The lowest BCUT2D eigenvalue weighted by atomic mass is 9.79. The summed E-state index contributed by atoms with van der Waals surface area (Å²) >= 11 is 0. The van der Waals surface area contributed by atoms with Gasteiger partial charge in [-0.1, -0.05) is 159 Å². The summed E-state index contributed by atoms with van der Waals surface area (Å²) in [6.45, 7) is 2.14. The number of carbonyl (C=O) groups excluding carboxylic acids is 1. The van der Waals surface area contributed by atoms with Gasteiger partial charge in [-0.2, -0.15) is 0 Å². The summed E-state index contributed by atoms with van der Waals surface area (Å²) < 4.78 is 6.04. The van der Waals surface area contributed by atoms with Crippen molar-refractivity contribution in [2.45, 2.75) is 82.5 Å². The fourth-order valence-electron chi connectivity index (χ4n) is 5.19. The molecule has 0 amide bonds. The summed E-state index contributed by atoms with van der Waals surface area (Å²) in [6, 6.07) is 27.8. The number of aliphatic hydroxyl groups excluding tert-OH is 1. The average molecular weight is 619 g/mol. The van der Waals surface area contributed by atoms with Gasteiger partial charge in [0.2, 0.25) is 0 Å². The minimum absolute atomic E-state index is 0.144. The second-order valence-corrected chi connectivity index (χ2v) is 11.3. The van der Waals surface area contributed by atoms with Crippen LogP contribution in [0.4, 0.5) is 0 Å². The van der Waals surface area contributed by atoms with E-state index in [2.05, 4.69) is 67.7 Å². The Morgan fingerprint density at radius 3 is 1.59 bits per heavy atom. The van der Waals surface area contributed by atoms with E-state index in [-0.39, 0.29) is 6.42 Å². The van der Waals surface area contributed by atoms with E-state index in [0.29, 0.717) is 23.1 Å². The van der Waals surface area contributed by atoms with Gasteiger partial charge in [-0.25, -0.2) is 0 Å². The second-order valence-electron chi connectivity index (χ2n) is 11.3. The monoisotopic (exact) mass is 618 g/mol. The zero-order valence-electron chi connectivity index (χ0n) is 27.2. The summed E-state index contributed by atoms with van der Waals surface area (Å²) in [5.41, 5.74) is 0.253. The Labute approximate surface area is 276 Å². The van der Waals surface area contributed by atoms with E-state index in [1.807, 2.05) is 91.0 Å². The molecule has 0 fully saturated rings. The van der Waals surface area contributed by atoms with E-state index in [0.717, 1.165) is 44.9 Å². The van der Waals surface area contributed by atoms with E-state index >= 15 is 0 Å². The summed E-state index contributed by atoms with van der Waals surface area (Å²) in [6.07, 6.45) is 26.7. The van der Waals surface area contributed by atoms with Crippen LogP contribution in [0, 0.1) is 0 Å². The molecule has 4 nitrogen and oxygen atoms in total. The lowest BCUT2D eigenvalue weighted by Crippen LogP contribution is -2.38. The molecule has 0 spiro atoms. The van der Waals surface area contributed by atoms with Gasteiger partial charge >= 0.3 is 5.97 Å². The topological polar surface area (TPSA) is 66.8 Å². The largest absolute Gasteiger partial charge is 0.454 e. The number of carbonyl (C=O) groups is 1. The molecule has 3 rings (SSSR count). The zero-order chi connectivity index (χ0) is 32.7. The number of allylic oxidation sites excluding steroid dienone is 10. The maximum atomic E-state index is 13.2. The first-order chi connectivity index (χ1) is 22.6. The van der Waals surface area contributed by atoms with E-state index < -0.39 is 23.8 Å². The molecule has 0 aliphatic heterocycles. The van der Waals surface area contributed by atoms with Crippen molar-refractivity contribution in [2.75, 3.05) is 0 Å². The molecular weight excluding hydrogens is 568 g/mol. The number of aliphatic hydroxyl groups is 2. The Morgan fingerprint density at radius 1 is 0.674 bits per heavy atom. The molecule has 0 saturated heterocycles. The normalized spacial score (nSPS) is 13.8. The van der Waals surface area contributed by atoms with E-state index in [9.17, 15) is 15.0 Å². The molecule has 0 bridgehead atoms. The van der Waals surface area contributed by atoms with Crippen molar-refractivity contribution < 1.29 is 19.7 Å². The summed E-state index contributed by atoms with van der Waals surface area (Å²) in [5, 5.41) is 23.0. The van der Waals surface area contributed by atoms with Crippen molar-refractivity contribution in [3.8, 4) is 0 Å². The van der Waals surface area contributed by atoms with E-state index in [1.54, 1.807) is 0 Å². The second kappa shape index (κ2) is 21.5. The molecule has 242 valence electrons. The van der Waals surface area contributed by atoms with E-state index in [1.165, 1.54) is 0 Å². The van der Waals surface area contributed by atoms with Crippen molar-refractivity contribution in [1.29, 1.82) is 0 Å². The van der Waals surface area contributed by atoms with Gasteiger partial charge < -0.3 is 14.9 Å². The predicted molar refractivity (Wildman–Crippen MR) is 190 cm³/mol. The van der Waals surface area contributed by atoms with Crippen molar-refractivity contribution >= 4 is 5.97 Å². The minimum Gasteiger partial charge on any atom is -0.454 e. The maximum Gasteiger partial charge on any atom is 0.309 e. The molecule has 3 aromatic rings. The van der Waals surface area contributed by atoms with Gasteiger partial charge in [-0.05, 0) is 68.1 Å². The molecule has 3 aromatic carbocycles. The molecule has 0 saturated carbocycles. The molecule has 4 heteroatoms. The SMILES string of the molecule is CC/C=C\C/C=C\C/C=C\C/C=C\C/C=C\CCC[C@@H](O)CC(=O)O[C@@H](c1ccccc1)C(O)(c1ccccc1)c1ccccc1. The lowest BCUT2D eigenvalue weighted by Gasteiger charge is -2.37. The number of benzene rings is 3. The maximum absolute atomic E-state index is 13.2. The van der Waals surface area contributed by atoms with Gasteiger partial charge in [0.1, 0.15) is 0 Å². The molecule has 0 aromatic heterocycles. The fourth-order valence-corrected chi connectivity index (χ4v) is 5.19. The molecule has 2 atom stereocenters. The van der Waals surface area contributed by atoms with Crippen LogP contribution >= 0.6 is 0 Å². The van der Waals surface area contributed by atoms with Crippen molar-refractivity contribution in [2.24, 2.45) is 0 Å². The predicted octanol–water partition coefficient (Wildman–Crippen LogP) is 9.88. The highest BCUT2D eigenvalue weighted by Crippen LogP contribution is 2.43. The Balaban J connectivity index is 1.47. The number of rotatable bonds is 20. The summed E-state index contributed by atoms with van der Waals surface area (Å²) in [4.78, 5) is 13.2. The minimum atomic E-state index is -1.64. The highest BCUT2D eigenvalue weighted by atomic mass is 16.6. The summed E-state index contributed by atoms with van der Waals surface area (Å²) in [7, 11) is 0. The van der Waals surface area contributed by atoms with Gasteiger partial charge in [0.05, 0.1) is 12.5 Å². The molecule has 46 heavy (non-hydrogen) atoms. The van der Waals surface area contributed by atoms with Gasteiger partial charge in [0.25, 0.3) is 0 Å². The average Bonchev–Trinajstić information content (AvgIpc) is 3.09. The molecule has 2 N–H and O–H groups in total. The molecule has 0 radical (unpaired) electrons. The number of ether oxygens (including phenoxy) is 1. The standard InChI is InChI=1S/C42H50O4/c1-2-3-4-5-6-7-8-9-10-11-12-13-14-15-16-17-27-34-39(43)35-40(44)46-41(36-28-21-18-22-29-36)42(45,37-30-23-19-24-31-37)38-32-25-20-26-33-38/h3-4,6-7,9-10,12-13,15-16,18-26,28-33,39,41,43,45H,2,5,8,11,14,17,27,34-35H2,1H3/b4-3-,7-6-,10-9-,13-12-,16-15-/t39-,41+/m1/s1. The van der Waals surface area contributed by atoms with Crippen LogP contribution in [0.3, 0.4) is 0 Å². The number of unbranched alkanes of at least 4 members (excludes halogenated alkanes) is 1. The van der Waals surface area contributed by atoms with Crippen LogP contribution in [-0.2, 0) is 15.1 Å². The van der Waals surface area contributed by atoms with E-state index in [4.69, 9.17) is 4.74 Å². The molecule has 0 aliphatic carbocycles. The van der Waals surface area contributed by atoms with Gasteiger partial charge in [0, 0.05) is 0 Å². The first-order valence-corrected chi connectivity index (χ1v) is 16.6. The molecular formula is C42H50O4. The highest BCUT2D eigenvalue weighted by Gasteiger charge is 2.44. The van der Waals surface area contributed by atoms with Gasteiger partial charge in [0.15, 0.2) is 11.7 Å². The smallest absolute Gasteiger partial charge is 0.309 e. The van der Waals surface area contributed by atoms with Gasteiger partial charge in [-0.15, -0.1) is 0 Å². The molecule has 0 unspecified atom stereocenters. The quantitative estimate of drug-likeness (QED) is 0.0751. The van der Waals surface area contributed by atoms with Crippen molar-refractivity contribution in [3.05, 3.63) is 168 Å². The Kier molecular flexibility index (Phi) is 16.9. The number of hydrogen-bond donors (Lipinski definition) is 2. The zero-order valence-corrected chi connectivity index (χ0v) is 27.2. The Morgan fingerprint density at radius 2 is 1.11 bits per heavy atom. The molecule has 0 aliphatic rings. The third-order valence-electron chi connectivity index (χ3n) is 7.63. The van der Waals surface area contributed by atoms with Crippen LogP contribution in [0.5, 0.6) is 0 Å². The Hall–Kier alpha value is -4.25. The van der Waals surface area contributed by atoms with Gasteiger partial charge in [-0.3, -0.25) is 4.79 Å². The van der Waals surface area contributed by atoms with Crippen LogP contribution < -0.4 is 0 Å². The van der Waals surface area contributed by atoms with Crippen LogP contribution in [0.2, 0.25) is 0 Å². The summed E-state index contributed by atoms with van der Waals surface area (Å²) in [5.74, 6) is -0.554. The van der Waals surface area contributed by atoms with Crippen molar-refractivity contribution in [3.63, 3.8) is 0 Å². The van der Waals surface area contributed by atoms with Crippen molar-refractivity contribution in [1.82, 2.24) is 0 Å². The molecule has 0 heterocycles. The first-order valence-electron chi connectivity index (χ1n) is 16.6. The third kappa shape index (κ3) is 12.6. The Bertz CT molecular complexity index is 1350.